The van der Waals surface area contributed by atoms with Crippen LogP contribution >= 0.6 is 0 Å². The molecular formula is C20H20N4O2. The van der Waals surface area contributed by atoms with Gasteiger partial charge in [-0.25, -0.2) is 4.98 Å². The number of nitrogens with one attached hydrogen (secondary N) is 2. The fraction of sp³-hybridized carbons (Fsp3) is 0.250. The van der Waals surface area contributed by atoms with E-state index in [1.54, 1.807) is 6.07 Å². The van der Waals surface area contributed by atoms with Gasteiger partial charge >= 0.3 is 0 Å². The zero-order valence-corrected chi connectivity index (χ0v) is 14.3. The molecule has 1 saturated heterocycles. The van der Waals surface area contributed by atoms with Gasteiger partial charge in [-0.1, -0.05) is 30.3 Å². The Bertz CT molecular complexity index is 984. The zero-order valence-electron chi connectivity index (χ0n) is 14.3. The summed E-state index contributed by atoms with van der Waals surface area (Å²) in [6, 6.07) is 16.5. The number of carbonyl (C=O) groups is 1. The number of nitrogens with zero attached hydrogens (tertiary/aromatic N) is 2. The fourth-order valence-electron chi connectivity index (χ4n) is 3.46. The van der Waals surface area contributed by atoms with E-state index in [0.29, 0.717) is 23.3 Å². The molecule has 0 saturated carbocycles. The number of benzene rings is 2. The fourth-order valence-corrected chi connectivity index (χ4v) is 3.46. The van der Waals surface area contributed by atoms with Crippen LogP contribution in [0.1, 0.15) is 18.7 Å². The first-order chi connectivity index (χ1) is 12.7. The van der Waals surface area contributed by atoms with Gasteiger partial charge in [0.15, 0.2) is 0 Å². The van der Waals surface area contributed by atoms with Gasteiger partial charge in [-0.3, -0.25) is 14.5 Å². The van der Waals surface area contributed by atoms with Gasteiger partial charge < -0.3 is 10.3 Å². The number of rotatable bonds is 4. The van der Waals surface area contributed by atoms with Gasteiger partial charge in [-0.2, -0.15) is 0 Å². The molecule has 1 aliphatic heterocycles. The third-order valence-electron chi connectivity index (χ3n) is 4.72. The molecular weight excluding hydrogens is 328 g/mol. The minimum absolute atomic E-state index is 0.0168. The van der Waals surface area contributed by atoms with Gasteiger partial charge in [0.05, 0.1) is 23.5 Å². The molecule has 6 nitrogen and oxygen atoms in total. The molecule has 0 unspecified atom stereocenters. The molecule has 6 heteroatoms. The van der Waals surface area contributed by atoms with Crippen LogP contribution < -0.4 is 10.9 Å². The molecule has 2 aromatic carbocycles. The highest BCUT2D eigenvalue weighted by Crippen LogP contribution is 2.21. The number of para-hydroxylation sites is 2. The minimum Gasteiger partial charge on any atom is -0.325 e. The van der Waals surface area contributed by atoms with E-state index in [1.807, 2.05) is 48.5 Å². The van der Waals surface area contributed by atoms with E-state index in [2.05, 4.69) is 20.2 Å². The smallest absolute Gasteiger partial charge is 0.258 e. The molecule has 0 radical (unpaired) electrons. The molecule has 1 aromatic heterocycles. The topological polar surface area (TPSA) is 78.1 Å². The largest absolute Gasteiger partial charge is 0.325 e. The number of hydrogen-bond acceptors (Lipinski definition) is 4. The van der Waals surface area contributed by atoms with E-state index in [9.17, 15) is 9.59 Å². The van der Waals surface area contributed by atoms with Crippen LogP contribution in [0.25, 0.3) is 10.9 Å². The second-order valence-electron chi connectivity index (χ2n) is 6.51. The van der Waals surface area contributed by atoms with Crippen molar-refractivity contribution in [3.8, 4) is 0 Å². The van der Waals surface area contributed by atoms with E-state index < -0.39 is 0 Å². The van der Waals surface area contributed by atoms with Crippen LogP contribution in [0.4, 0.5) is 5.69 Å². The van der Waals surface area contributed by atoms with Crippen molar-refractivity contribution in [3.63, 3.8) is 0 Å². The van der Waals surface area contributed by atoms with Crippen LogP contribution in [0.5, 0.6) is 0 Å². The maximum absolute atomic E-state index is 12.6. The van der Waals surface area contributed by atoms with E-state index in [-0.39, 0.29) is 17.5 Å². The summed E-state index contributed by atoms with van der Waals surface area (Å²) in [5.74, 6) is 0.574. The van der Waals surface area contributed by atoms with E-state index in [4.69, 9.17) is 0 Å². The van der Waals surface area contributed by atoms with Gasteiger partial charge in [0, 0.05) is 5.69 Å². The number of aromatic amines is 1. The molecule has 0 bridgehead atoms. The van der Waals surface area contributed by atoms with Crippen LogP contribution in [0.3, 0.4) is 0 Å². The lowest BCUT2D eigenvalue weighted by molar-refractivity contribution is -0.120. The SMILES string of the molecule is O=C(Nc1ccccc1)[C@H]1CCCN1Cc1nc2ccccc2c(=O)[nH]1. The number of amides is 1. The Labute approximate surface area is 150 Å². The van der Waals surface area contributed by atoms with Crippen molar-refractivity contribution < 1.29 is 4.79 Å². The highest BCUT2D eigenvalue weighted by Gasteiger charge is 2.31. The van der Waals surface area contributed by atoms with Gasteiger partial charge in [-0.05, 0) is 43.7 Å². The first kappa shape index (κ1) is 16.5. The van der Waals surface area contributed by atoms with E-state index in [0.717, 1.165) is 25.1 Å². The number of carbonyl (C=O) groups excluding carboxylic acids is 1. The molecule has 26 heavy (non-hydrogen) atoms. The molecule has 3 aromatic rings. The number of fused-ring (bicyclic) bond motifs is 1. The average molecular weight is 348 g/mol. The number of hydrogen-bond donors (Lipinski definition) is 2. The number of anilines is 1. The highest BCUT2D eigenvalue weighted by molar-refractivity contribution is 5.95. The Hall–Kier alpha value is -2.99. The molecule has 1 atom stereocenters. The maximum atomic E-state index is 12.6. The van der Waals surface area contributed by atoms with Crippen LogP contribution in [0, 0.1) is 0 Å². The summed E-state index contributed by atoms with van der Waals surface area (Å²) in [4.78, 5) is 34.4. The maximum Gasteiger partial charge on any atom is 0.258 e. The van der Waals surface area contributed by atoms with Crippen molar-refractivity contribution in [2.24, 2.45) is 0 Å². The van der Waals surface area contributed by atoms with Crippen molar-refractivity contribution in [1.82, 2.24) is 14.9 Å². The summed E-state index contributed by atoms with van der Waals surface area (Å²) in [6.07, 6.45) is 1.75. The molecule has 2 heterocycles. The van der Waals surface area contributed by atoms with Gasteiger partial charge in [-0.15, -0.1) is 0 Å². The summed E-state index contributed by atoms with van der Waals surface area (Å²) >= 11 is 0. The van der Waals surface area contributed by atoms with Crippen molar-refractivity contribution in [1.29, 1.82) is 0 Å². The molecule has 1 fully saturated rings. The summed E-state index contributed by atoms with van der Waals surface area (Å²) in [5.41, 5.74) is 1.33. The molecule has 4 rings (SSSR count). The number of likely N-dealkylation sites (tertiary alicyclic amines) is 1. The zero-order chi connectivity index (χ0) is 17.9. The summed E-state index contributed by atoms with van der Waals surface area (Å²) in [7, 11) is 0. The van der Waals surface area contributed by atoms with Gasteiger partial charge in [0.1, 0.15) is 5.82 Å². The standard InChI is InChI=1S/C20H20N4O2/c25-19-15-9-4-5-10-16(15)22-18(23-19)13-24-12-6-11-17(24)20(26)21-14-7-2-1-3-8-14/h1-5,7-10,17H,6,11-13H2,(H,21,26)(H,22,23,25)/t17-/m1/s1. The third kappa shape index (κ3) is 3.36. The lowest BCUT2D eigenvalue weighted by atomic mass is 10.2. The van der Waals surface area contributed by atoms with Gasteiger partial charge in [0.25, 0.3) is 5.56 Å². The summed E-state index contributed by atoms with van der Waals surface area (Å²) < 4.78 is 0. The van der Waals surface area contributed by atoms with Crippen molar-refractivity contribution >= 4 is 22.5 Å². The predicted octanol–water partition coefficient (Wildman–Crippen LogP) is 2.53. The Balaban J connectivity index is 1.52. The summed E-state index contributed by atoms with van der Waals surface area (Å²) in [6.45, 7) is 1.26. The Kier molecular flexibility index (Phi) is 4.50. The van der Waals surface area contributed by atoms with Crippen molar-refractivity contribution in [2.75, 3.05) is 11.9 Å². The predicted molar refractivity (Wildman–Crippen MR) is 101 cm³/mol. The Morgan fingerprint density at radius 3 is 2.77 bits per heavy atom. The second-order valence-corrected chi connectivity index (χ2v) is 6.51. The lowest BCUT2D eigenvalue weighted by Crippen LogP contribution is -2.39. The quantitative estimate of drug-likeness (QED) is 0.759. The Morgan fingerprint density at radius 1 is 1.15 bits per heavy atom. The molecule has 1 amide bonds. The van der Waals surface area contributed by atoms with Crippen LogP contribution in [0.2, 0.25) is 0 Å². The monoisotopic (exact) mass is 348 g/mol. The Morgan fingerprint density at radius 2 is 1.92 bits per heavy atom. The van der Waals surface area contributed by atoms with Crippen molar-refractivity contribution in [3.05, 3.63) is 70.8 Å². The average Bonchev–Trinajstić information content (AvgIpc) is 3.11. The number of aromatic nitrogens is 2. The van der Waals surface area contributed by atoms with Crippen LogP contribution in [0.15, 0.2) is 59.4 Å². The van der Waals surface area contributed by atoms with E-state index in [1.165, 1.54) is 0 Å². The van der Waals surface area contributed by atoms with Crippen LogP contribution in [-0.2, 0) is 11.3 Å². The molecule has 132 valence electrons. The van der Waals surface area contributed by atoms with Crippen molar-refractivity contribution in [2.45, 2.75) is 25.4 Å². The highest BCUT2D eigenvalue weighted by atomic mass is 16.2. The summed E-state index contributed by atoms with van der Waals surface area (Å²) in [5, 5.41) is 3.55. The van der Waals surface area contributed by atoms with Gasteiger partial charge in [0.2, 0.25) is 5.91 Å². The third-order valence-corrected chi connectivity index (χ3v) is 4.72. The van der Waals surface area contributed by atoms with E-state index >= 15 is 0 Å². The number of H-pyrrole nitrogens is 1. The minimum atomic E-state index is -0.216. The first-order valence-corrected chi connectivity index (χ1v) is 8.78. The first-order valence-electron chi connectivity index (χ1n) is 8.78. The normalized spacial score (nSPS) is 17.5. The molecule has 0 aliphatic carbocycles. The molecule has 2 N–H and O–H groups in total. The molecule has 1 aliphatic rings. The molecule has 0 spiro atoms. The second kappa shape index (κ2) is 7.09. The van der Waals surface area contributed by atoms with Crippen LogP contribution in [-0.4, -0.2) is 33.4 Å². The lowest BCUT2D eigenvalue weighted by Gasteiger charge is -2.23.